The second-order valence-corrected chi connectivity index (χ2v) is 23.5. The number of benzene rings is 5. The van der Waals surface area contributed by atoms with E-state index >= 15 is 0 Å². The van der Waals surface area contributed by atoms with Crippen LogP contribution < -0.4 is 43.9 Å². The molecular formula is C73H91Br2N8O14+. The molecule has 0 aliphatic carbocycles. The first-order valence-corrected chi connectivity index (χ1v) is 31.8. The fourth-order valence-corrected chi connectivity index (χ4v) is 9.00. The van der Waals surface area contributed by atoms with Crippen LogP contribution in [0.5, 0.6) is 0 Å². The van der Waals surface area contributed by atoms with Gasteiger partial charge in [-0.3, -0.25) is 38.4 Å². The molecule has 0 bridgehead atoms. The quantitative estimate of drug-likeness (QED) is 0.0217. The molecule has 0 spiro atoms. The highest BCUT2D eigenvalue weighted by atomic mass is 79.9. The number of H-pyrrole nitrogens is 2. The highest BCUT2D eigenvalue weighted by Crippen LogP contribution is 2.19. The minimum atomic E-state index is -0.562. The smallest absolute Gasteiger partial charge is 0.394 e. The lowest BCUT2D eigenvalue weighted by Gasteiger charge is -2.13. The predicted molar refractivity (Wildman–Crippen MR) is 380 cm³/mol. The van der Waals surface area contributed by atoms with E-state index in [0.717, 1.165) is 53.7 Å². The average Bonchev–Trinajstić information content (AvgIpc) is 0.917. The number of rotatable bonds is 14. The summed E-state index contributed by atoms with van der Waals surface area (Å²) in [5, 5.41) is 11.2. The number of aryl methyl sites for hydroxylation is 5. The van der Waals surface area contributed by atoms with Crippen molar-refractivity contribution in [1.82, 2.24) is 31.2 Å². The van der Waals surface area contributed by atoms with Gasteiger partial charge in [0.25, 0.3) is 11.1 Å². The number of carbonyl (C=O) groups excluding carboxylic acids is 11. The molecule has 5 unspecified atom stereocenters. The molecule has 2 aromatic heterocycles. The number of amides is 4. The molecule has 4 amide bonds. The first-order chi connectivity index (χ1) is 45.5. The van der Waals surface area contributed by atoms with E-state index in [1.54, 1.807) is 12.1 Å². The molecule has 0 fully saturated rings. The molecule has 24 heteroatoms. The maximum atomic E-state index is 12.4. The summed E-state index contributed by atoms with van der Waals surface area (Å²) in [5.74, 6) is -1.46. The van der Waals surface area contributed by atoms with Crippen molar-refractivity contribution in [2.45, 2.75) is 153 Å². The van der Waals surface area contributed by atoms with Gasteiger partial charge in [-0.25, -0.2) is 4.79 Å². The van der Waals surface area contributed by atoms with Gasteiger partial charge in [-0.2, -0.15) is 19.2 Å². The number of halogens is 2. The zero-order chi connectivity index (χ0) is 74.5. The predicted octanol–water partition coefficient (Wildman–Crippen LogP) is 11.4. The highest BCUT2D eigenvalue weighted by molar-refractivity contribution is 9.10. The number of carbonyl (C=O) groups is 7. The molecule has 5 aromatic carbocycles. The third-order valence-electron chi connectivity index (χ3n) is 13.1. The second kappa shape index (κ2) is 49.7. The zero-order valence-corrected chi connectivity index (χ0v) is 60.8. The van der Waals surface area contributed by atoms with Crippen LogP contribution in [0.15, 0.2) is 158 Å². The van der Waals surface area contributed by atoms with E-state index in [2.05, 4.69) is 74.8 Å². The van der Waals surface area contributed by atoms with Crippen LogP contribution in [0, 0.1) is 41.5 Å². The summed E-state index contributed by atoms with van der Waals surface area (Å²) < 4.78 is 6.11. The Bertz CT molecular complexity index is 3670. The molecule has 520 valence electrons. The van der Waals surface area contributed by atoms with Crippen LogP contribution >= 0.6 is 31.9 Å². The molecule has 7 aromatic rings. The van der Waals surface area contributed by atoms with Gasteiger partial charge in [0.05, 0.1) is 24.2 Å². The summed E-state index contributed by atoms with van der Waals surface area (Å²) in [7, 11) is 0. The van der Waals surface area contributed by atoms with Gasteiger partial charge in [-0.1, -0.05) is 141 Å². The van der Waals surface area contributed by atoms with Gasteiger partial charge in [0.15, 0.2) is 12.7 Å². The summed E-state index contributed by atoms with van der Waals surface area (Å²) in [6.45, 7) is 29.7. The second-order valence-electron chi connectivity index (χ2n) is 21.7. The monoisotopic (exact) mass is 1460 g/mol. The third kappa shape index (κ3) is 41.6. The van der Waals surface area contributed by atoms with Crippen LogP contribution in [0.25, 0.3) is 0 Å². The van der Waals surface area contributed by atoms with Gasteiger partial charge in [-0.15, -0.1) is 0 Å². The molecule has 0 aliphatic rings. The molecule has 97 heavy (non-hydrogen) atoms. The van der Waals surface area contributed by atoms with E-state index in [1.807, 2.05) is 197 Å². The maximum Gasteiger partial charge on any atom is 0.399 e. The molecular weight excluding hydrogens is 1370 g/mol. The van der Waals surface area contributed by atoms with Crippen molar-refractivity contribution >= 4 is 85.5 Å². The molecule has 2 heterocycles. The number of aromatic amines is 2. The van der Waals surface area contributed by atoms with Gasteiger partial charge in [0.1, 0.15) is 0 Å². The van der Waals surface area contributed by atoms with Crippen LogP contribution in [0.4, 0.5) is 0 Å². The normalized spacial score (nSPS) is 11.0. The van der Waals surface area contributed by atoms with E-state index in [4.69, 9.17) is 30.6 Å². The number of hydrogen-bond acceptors (Lipinski definition) is 16. The van der Waals surface area contributed by atoms with Gasteiger partial charge in [-0.05, 0) is 151 Å². The van der Waals surface area contributed by atoms with Crippen LogP contribution in [0.3, 0.4) is 0 Å². The Hall–Kier alpha value is -9.80. The lowest BCUT2D eigenvalue weighted by molar-refractivity contribution is -0.193. The first kappa shape index (κ1) is 89.3. The standard InChI is InChI=1S/C20H24N2O3.C11H15NO.C10H12BrNO.C10H11NO.C8H10BrN.C8H12N2O.C4H6O3.2CO2/c1-12-11-13(2)21-20(25)18(12)9-10-19(24)17-7-5-16(6-8-17)14(3)22-15(4)23;1-8-4-6-11(7-5-8)9(2)12-10(3)13;1-7(12-8(2)13)9-3-5-10(11)6-4-9;1-8(11-9(2)12)10-6-4-3-5-7-10;1-6(10)7-2-4-8(9)5-3-7;1-5-3-6(2)10-8(11)7(5)4-9;1-3(5)7-4(2)6;2*2-1-3/h5-8,11,14H,9-10H2,1-4H3,(H,21,25)(H,22,23);4-7,9H,1-3H3,(H,12,13);3-7H,1-2H3,(H,12,13);3-8H,2H2,1H3;2-6H,10H2,1H3;3H,4,9H2,1-2H3,(H,10,11);1-2H3;;/p+1. The molecule has 22 nitrogen and oxygen atoms in total. The lowest BCUT2D eigenvalue weighted by atomic mass is 9.99. The molecule has 0 saturated carbocycles. The molecule has 5 atom stereocenters. The van der Waals surface area contributed by atoms with Crippen LogP contribution in [0.2, 0.25) is 0 Å². The Balaban J connectivity index is 0. The zero-order valence-electron chi connectivity index (χ0n) is 57.6. The first-order valence-electron chi connectivity index (χ1n) is 30.2. The number of ketones is 1. The summed E-state index contributed by atoms with van der Waals surface area (Å²) in [6, 6.07) is 45.2. The Morgan fingerprint density at radius 3 is 1.12 bits per heavy atom. The van der Waals surface area contributed by atoms with Crippen LogP contribution in [-0.2, 0) is 65.6 Å². The summed E-state index contributed by atoms with van der Waals surface area (Å²) in [4.78, 5) is 136. The van der Waals surface area contributed by atoms with Crippen molar-refractivity contribution in [1.29, 1.82) is 0 Å². The third-order valence-corrected chi connectivity index (χ3v) is 14.2. The number of pyridine rings is 2. The van der Waals surface area contributed by atoms with E-state index < -0.39 is 11.9 Å². The lowest BCUT2D eigenvalue weighted by Crippen LogP contribution is -2.23. The fourth-order valence-electron chi connectivity index (χ4n) is 8.47. The Kier molecular flexibility index (Phi) is 45.7. The Morgan fingerprint density at radius 1 is 0.495 bits per heavy atom. The van der Waals surface area contributed by atoms with Crippen LogP contribution in [-0.4, -0.2) is 63.6 Å². The van der Waals surface area contributed by atoms with Crippen molar-refractivity contribution in [2.24, 2.45) is 11.5 Å². The van der Waals surface area contributed by atoms with Gasteiger partial charge in [0.2, 0.25) is 17.7 Å². The molecule has 0 saturated heterocycles. The van der Waals surface area contributed by atoms with Crippen molar-refractivity contribution < 1.29 is 57.5 Å². The topological polar surface area (TPSA) is 363 Å². The van der Waals surface area contributed by atoms with E-state index in [1.165, 1.54) is 45.7 Å². The number of nitrogens with one attached hydrogen (secondary N) is 6. The van der Waals surface area contributed by atoms with Crippen molar-refractivity contribution in [3.63, 3.8) is 0 Å². The number of ether oxygens (including phenoxy) is 1. The van der Waals surface area contributed by atoms with Crippen molar-refractivity contribution in [2.75, 3.05) is 0 Å². The summed E-state index contributed by atoms with van der Waals surface area (Å²) >= 11 is 6.71. The molecule has 7 rings (SSSR count). The van der Waals surface area contributed by atoms with E-state index in [9.17, 15) is 43.2 Å². The molecule has 10 N–H and O–H groups in total. The van der Waals surface area contributed by atoms with Gasteiger partial charge >= 0.3 is 30.1 Å². The minimum absolute atomic E-state index is 0.00175. The summed E-state index contributed by atoms with van der Waals surface area (Å²) in [5.41, 5.74) is 23.1. The SMILES string of the molecule is CC(=O)NC(C)c1ccc(Br)cc1.CC(=O)NC(C)c1ccc(C(=O)CCc2c(C)cc(C)[nH]c2=O)cc1.CC(=O)NC(C)c1ccc(C)cc1.CC(=O)OC(C)=O.CC(N)c1ccc(Br)cc1.Cc1cc(C)c(CN)c(=O)[nH]1.O=C=O.O=C=O.[CH2+]C(=O)NC(C)c1ccccc1. The van der Waals surface area contributed by atoms with E-state index in [0.29, 0.717) is 29.7 Å². The fraction of sp³-hybridized carbons (Fsp3) is 0.315. The minimum Gasteiger partial charge on any atom is -0.394 e. The number of Topliss-reactive ketones (excluding diaryl/α,β-unsaturated/α-hetero) is 1. The molecule has 0 aliphatic heterocycles. The summed E-state index contributed by atoms with van der Waals surface area (Å²) in [6.07, 6.45) is 1.21. The van der Waals surface area contributed by atoms with Crippen molar-refractivity contribution in [3.05, 3.63) is 249 Å². The largest absolute Gasteiger partial charge is 0.399 e. The van der Waals surface area contributed by atoms with Gasteiger partial charge < -0.3 is 47.4 Å². The highest BCUT2D eigenvalue weighted by Gasteiger charge is 2.14. The maximum absolute atomic E-state index is 12.4. The molecule has 0 radical (unpaired) electrons. The number of esters is 2. The Labute approximate surface area is 584 Å². The van der Waals surface area contributed by atoms with Crippen molar-refractivity contribution in [3.8, 4) is 0 Å². The van der Waals surface area contributed by atoms with E-state index in [-0.39, 0.29) is 89.5 Å². The number of hydrogen-bond donors (Lipinski definition) is 8. The number of nitrogens with two attached hydrogens (primary N) is 2. The average molecular weight is 1460 g/mol. The number of aromatic nitrogens is 2. The Morgan fingerprint density at radius 2 is 0.814 bits per heavy atom. The van der Waals surface area contributed by atoms with Crippen LogP contribution in [0.1, 0.15) is 183 Å². The van der Waals surface area contributed by atoms with Gasteiger partial charge in [0, 0.05) is 90.6 Å².